The summed E-state index contributed by atoms with van der Waals surface area (Å²) in [4.78, 5) is 19.3. The molecule has 0 radical (unpaired) electrons. The number of hydrogen-bond acceptors (Lipinski definition) is 4. The molecule has 0 saturated carbocycles. The zero-order chi connectivity index (χ0) is 17.0. The molecule has 0 aromatic rings. The van der Waals surface area contributed by atoms with Crippen LogP contribution in [0.5, 0.6) is 0 Å². The molecule has 3 saturated heterocycles. The summed E-state index contributed by atoms with van der Waals surface area (Å²) in [5.74, 6) is 0.289. The molecule has 0 spiro atoms. The molecule has 3 heterocycles. The second-order valence-electron chi connectivity index (χ2n) is 8.26. The Labute approximate surface area is 147 Å². The van der Waals surface area contributed by atoms with E-state index in [9.17, 15) is 9.90 Å². The minimum absolute atomic E-state index is 0.289. The van der Waals surface area contributed by atoms with Crippen LogP contribution in [-0.4, -0.2) is 83.7 Å². The highest BCUT2D eigenvalue weighted by molar-refractivity contribution is 5.76. The Hall–Kier alpha value is -0.650. The maximum Gasteiger partial charge on any atom is 0.222 e. The van der Waals surface area contributed by atoms with Crippen molar-refractivity contribution in [3.05, 3.63) is 0 Å². The van der Waals surface area contributed by atoms with Gasteiger partial charge in [0.1, 0.15) is 0 Å². The summed E-state index contributed by atoms with van der Waals surface area (Å²) in [6, 6.07) is 0.583. The van der Waals surface area contributed by atoms with Gasteiger partial charge in [-0.1, -0.05) is 6.42 Å². The van der Waals surface area contributed by atoms with E-state index in [1.807, 2.05) is 4.90 Å². The van der Waals surface area contributed by atoms with Crippen LogP contribution in [0.1, 0.15) is 57.8 Å². The molecule has 1 N–H and O–H groups in total. The van der Waals surface area contributed by atoms with Crippen molar-refractivity contribution in [1.82, 2.24) is 14.7 Å². The van der Waals surface area contributed by atoms with Gasteiger partial charge >= 0.3 is 0 Å². The second kappa shape index (κ2) is 8.15. The van der Waals surface area contributed by atoms with Crippen molar-refractivity contribution >= 4 is 5.91 Å². The summed E-state index contributed by atoms with van der Waals surface area (Å²) >= 11 is 0. The number of carbonyl (C=O) groups excluding carboxylic acids is 1. The van der Waals surface area contributed by atoms with Crippen LogP contribution in [-0.2, 0) is 4.79 Å². The largest absolute Gasteiger partial charge is 0.388 e. The van der Waals surface area contributed by atoms with E-state index in [-0.39, 0.29) is 5.91 Å². The zero-order valence-electron chi connectivity index (χ0n) is 15.4. The van der Waals surface area contributed by atoms with E-state index in [0.29, 0.717) is 12.5 Å². The van der Waals surface area contributed by atoms with Crippen molar-refractivity contribution in [2.24, 2.45) is 0 Å². The lowest BCUT2D eigenvalue weighted by atomic mass is 9.90. The van der Waals surface area contributed by atoms with E-state index in [1.165, 1.54) is 38.6 Å². The van der Waals surface area contributed by atoms with Crippen LogP contribution in [0.15, 0.2) is 0 Å². The normalized spacial score (nSPS) is 29.1. The lowest BCUT2D eigenvalue weighted by Gasteiger charge is -2.40. The Morgan fingerprint density at radius 3 is 2.38 bits per heavy atom. The van der Waals surface area contributed by atoms with E-state index >= 15 is 0 Å². The molecular weight excluding hydrogens is 302 g/mol. The van der Waals surface area contributed by atoms with Crippen molar-refractivity contribution in [3.63, 3.8) is 0 Å². The van der Waals surface area contributed by atoms with Gasteiger partial charge in [0, 0.05) is 32.1 Å². The van der Waals surface area contributed by atoms with Crippen LogP contribution in [0.3, 0.4) is 0 Å². The van der Waals surface area contributed by atoms with Crippen molar-refractivity contribution in [1.29, 1.82) is 0 Å². The fourth-order valence-corrected chi connectivity index (χ4v) is 4.64. The van der Waals surface area contributed by atoms with Gasteiger partial charge in [-0.15, -0.1) is 0 Å². The standard InChI is InChI=1S/C19H35N3O2/c1-20-11-3-2-6-17(20)7-8-18(23)22-14-9-19(24,10-15-22)16-21-12-4-5-13-21/h17,24H,2-16H2,1H3. The van der Waals surface area contributed by atoms with Crippen LogP contribution in [0.2, 0.25) is 0 Å². The molecule has 24 heavy (non-hydrogen) atoms. The van der Waals surface area contributed by atoms with Crippen LogP contribution >= 0.6 is 0 Å². The molecule has 5 heteroatoms. The molecule has 3 aliphatic rings. The number of rotatable bonds is 5. The van der Waals surface area contributed by atoms with Crippen LogP contribution in [0.4, 0.5) is 0 Å². The molecule has 0 bridgehead atoms. The number of nitrogens with zero attached hydrogens (tertiary/aromatic N) is 3. The minimum Gasteiger partial charge on any atom is -0.388 e. The average Bonchev–Trinajstić information content (AvgIpc) is 3.07. The molecule has 3 fully saturated rings. The molecule has 1 unspecified atom stereocenters. The zero-order valence-corrected chi connectivity index (χ0v) is 15.4. The predicted molar refractivity (Wildman–Crippen MR) is 95.9 cm³/mol. The molecule has 1 amide bonds. The van der Waals surface area contributed by atoms with Gasteiger partial charge in [0.15, 0.2) is 0 Å². The Morgan fingerprint density at radius 2 is 1.71 bits per heavy atom. The fourth-order valence-electron chi connectivity index (χ4n) is 4.64. The Morgan fingerprint density at radius 1 is 1.04 bits per heavy atom. The molecule has 5 nitrogen and oxygen atoms in total. The van der Waals surface area contributed by atoms with Gasteiger partial charge in [-0.2, -0.15) is 0 Å². The van der Waals surface area contributed by atoms with Gasteiger partial charge in [0.05, 0.1) is 5.60 Å². The van der Waals surface area contributed by atoms with Gasteiger partial charge < -0.3 is 19.8 Å². The SMILES string of the molecule is CN1CCCCC1CCC(=O)N1CCC(O)(CN2CCCC2)CC1. The Bertz CT molecular complexity index is 415. The molecule has 3 aliphatic heterocycles. The van der Waals surface area contributed by atoms with Gasteiger partial charge in [-0.3, -0.25) is 4.79 Å². The van der Waals surface area contributed by atoms with E-state index < -0.39 is 5.60 Å². The minimum atomic E-state index is -0.579. The lowest BCUT2D eigenvalue weighted by Crippen LogP contribution is -2.51. The first kappa shape index (κ1) is 18.2. The van der Waals surface area contributed by atoms with Crippen molar-refractivity contribution < 1.29 is 9.90 Å². The molecule has 0 aromatic carbocycles. The molecular formula is C19H35N3O2. The van der Waals surface area contributed by atoms with E-state index in [4.69, 9.17) is 0 Å². The summed E-state index contributed by atoms with van der Waals surface area (Å²) in [6.07, 6.45) is 9.48. The quantitative estimate of drug-likeness (QED) is 0.829. The summed E-state index contributed by atoms with van der Waals surface area (Å²) in [7, 11) is 2.19. The smallest absolute Gasteiger partial charge is 0.222 e. The number of β-amino-alcohol motifs (C(OH)–C–C–N with tert-alkyl or cyclic N) is 1. The third kappa shape index (κ3) is 4.70. The number of piperidine rings is 2. The van der Waals surface area contributed by atoms with E-state index in [1.54, 1.807) is 0 Å². The van der Waals surface area contributed by atoms with Crippen LogP contribution in [0.25, 0.3) is 0 Å². The van der Waals surface area contributed by atoms with E-state index in [0.717, 1.165) is 52.0 Å². The number of amides is 1. The summed E-state index contributed by atoms with van der Waals surface area (Å²) in [6.45, 7) is 5.67. The number of likely N-dealkylation sites (tertiary alicyclic amines) is 3. The monoisotopic (exact) mass is 337 g/mol. The second-order valence-corrected chi connectivity index (χ2v) is 8.26. The van der Waals surface area contributed by atoms with Crippen molar-refractivity contribution in [2.75, 3.05) is 46.3 Å². The maximum absolute atomic E-state index is 12.5. The first-order chi connectivity index (χ1) is 11.6. The Balaban J connectivity index is 1.39. The highest BCUT2D eigenvalue weighted by atomic mass is 16.3. The summed E-state index contributed by atoms with van der Waals surface area (Å²) < 4.78 is 0. The lowest BCUT2D eigenvalue weighted by molar-refractivity contribution is -0.136. The fraction of sp³-hybridized carbons (Fsp3) is 0.947. The van der Waals surface area contributed by atoms with Crippen molar-refractivity contribution in [3.8, 4) is 0 Å². The topological polar surface area (TPSA) is 47.0 Å². The summed E-state index contributed by atoms with van der Waals surface area (Å²) in [5, 5.41) is 10.8. The summed E-state index contributed by atoms with van der Waals surface area (Å²) in [5.41, 5.74) is -0.579. The number of carbonyl (C=O) groups is 1. The maximum atomic E-state index is 12.5. The molecule has 138 valence electrons. The van der Waals surface area contributed by atoms with Crippen molar-refractivity contribution in [2.45, 2.75) is 69.4 Å². The molecule has 3 rings (SSSR count). The highest BCUT2D eigenvalue weighted by Crippen LogP contribution is 2.26. The Kier molecular flexibility index (Phi) is 6.17. The molecule has 0 aromatic heterocycles. The van der Waals surface area contributed by atoms with Crippen LogP contribution < -0.4 is 0 Å². The molecule has 1 atom stereocenters. The van der Waals surface area contributed by atoms with Crippen LogP contribution in [0, 0.1) is 0 Å². The third-order valence-corrected chi connectivity index (χ3v) is 6.38. The highest BCUT2D eigenvalue weighted by Gasteiger charge is 2.36. The van der Waals surface area contributed by atoms with Gasteiger partial charge in [0.25, 0.3) is 0 Å². The van der Waals surface area contributed by atoms with E-state index in [2.05, 4.69) is 16.8 Å². The van der Waals surface area contributed by atoms with Gasteiger partial charge in [-0.25, -0.2) is 0 Å². The first-order valence-corrected chi connectivity index (χ1v) is 9.98. The average molecular weight is 338 g/mol. The number of aliphatic hydroxyl groups is 1. The first-order valence-electron chi connectivity index (χ1n) is 9.98. The number of hydrogen-bond donors (Lipinski definition) is 1. The third-order valence-electron chi connectivity index (χ3n) is 6.38. The molecule has 0 aliphatic carbocycles. The van der Waals surface area contributed by atoms with Gasteiger partial charge in [0.2, 0.25) is 5.91 Å². The van der Waals surface area contributed by atoms with Gasteiger partial charge in [-0.05, 0) is 71.6 Å². The predicted octanol–water partition coefficient (Wildman–Crippen LogP) is 1.70.